The van der Waals surface area contributed by atoms with Crippen LogP contribution in [0.3, 0.4) is 0 Å². The standard InChI is InChI=1S/C24H29ClN6O2/c1-15(2)31-24(33-20-6-4-5-18(25)11-20)28-23(29-31)27-22-16-7-8-17(22)14-30(13-16)19-9-10-26-21(12-19)32-3/h4-6,9-12,15-17,22H,7-8,13-14H2,1-3H3,(H,27,29)/t16-,17+,22-. The fourth-order valence-electron chi connectivity index (χ4n) is 4.94. The molecule has 1 saturated carbocycles. The summed E-state index contributed by atoms with van der Waals surface area (Å²) in [4.78, 5) is 11.4. The van der Waals surface area contributed by atoms with Crippen LogP contribution in [0.15, 0.2) is 42.6 Å². The summed E-state index contributed by atoms with van der Waals surface area (Å²) in [7, 11) is 1.65. The zero-order chi connectivity index (χ0) is 22.9. The van der Waals surface area contributed by atoms with Crippen molar-refractivity contribution in [1.29, 1.82) is 0 Å². The zero-order valence-electron chi connectivity index (χ0n) is 19.1. The molecule has 0 amide bonds. The lowest BCUT2D eigenvalue weighted by atomic mass is 9.92. The molecule has 1 aromatic carbocycles. The van der Waals surface area contributed by atoms with Gasteiger partial charge in [0.15, 0.2) is 0 Å². The van der Waals surface area contributed by atoms with E-state index in [1.807, 2.05) is 35.1 Å². The maximum absolute atomic E-state index is 6.11. The van der Waals surface area contributed by atoms with Crippen molar-refractivity contribution >= 4 is 23.2 Å². The number of rotatable bonds is 7. The summed E-state index contributed by atoms with van der Waals surface area (Å²) in [5.41, 5.74) is 1.16. The fraction of sp³-hybridized carbons (Fsp3) is 0.458. The molecule has 1 aliphatic heterocycles. The van der Waals surface area contributed by atoms with Gasteiger partial charge in [0, 0.05) is 42.1 Å². The molecule has 3 atom stereocenters. The number of fused-ring (bicyclic) bond motifs is 2. The Hall–Kier alpha value is -3.00. The molecule has 5 rings (SSSR count). The van der Waals surface area contributed by atoms with Gasteiger partial charge < -0.3 is 19.7 Å². The van der Waals surface area contributed by atoms with E-state index in [1.165, 1.54) is 12.8 Å². The lowest BCUT2D eigenvalue weighted by molar-refractivity contribution is 0.373. The van der Waals surface area contributed by atoms with Gasteiger partial charge in [-0.15, -0.1) is 5.10 Å². The second-order valence-electron chi connectivity index (χ2n) is 9.04. The largest absolute Gasteiger partial charge is 0.481 e. The molecule has 0 unspecified atom stereocenters. The van der Waals surface area contributed by atoms with Crippen LogP contribution in [0.4, 0.5) is 11.6 Å². The van der Waals surface area contributed by atoms with Gasteiger partial charge in [-0.1, -0.05) is 17.7 Å². The van der Waals surface area contributed by atoms with E-state index in [0.717, 1.165) is 18.8 Å². The van der Waals surface area contributed by atoms with Crippen LogP contribution in [0.2, 0.25) is 5.02 Å². The number of pyridine rings is 1. The first kappa shape index (κ1) is 21.8. The molecule has 2 fully saturated rings. The van der Waals surface area contributed by atoms with Gasteiger partial charge in [0.05, 0.1) is 13.2 Å². The number of hydrogen-bond acceptors (Lipinski definition) is 7. The minimum Gasteiger partial charge on any atom is -0.481 e. The van der Waals surface area contributed by atoms with E-state index in [-0.39, 0.29) is 6.04 Å². The van der Waals surface area contributed by atoms with Crippen LogP contribution in [0.1, 0.15) is 32.7 Å². The van der Waals surface area contributed by atoms with Gasteiger partial charge in [0.2, 0.25) is 11.8 Å². The Morgan fingerprint density at radius 2 is 1.91 bits per heavy atom. The van der Waals surface area contributed by atoms with Crippen LogP contribution in [-0.4, -0.2) is 46.0 Å². The average molecular weight is 469 g/mol. The lowest BCUT2D eigenvalue weighted by Crippen LogP contribution is -2.48. The van der Waals surface area contributed by atoms with E-state index in [4.69, 9.17) is 26.2 Å². The van der Waals surface area contributed by atoms with Gasteiger partial charge in [-0.25, -0.2) is 9.67 Å². The van der Waals surface area contributed by atoms with Crippen LogP contribution in [-0.2, 0) is 0 Å². The normalized spacial score (nSPS) is 22.0. The Morgan fingerprint density at radius 1 is 1.12 bits per heavy atom. The third-order valence-corrected chi connectivity index (χ3v) is 6.75. The van der Waals surface area contributed by atoms with Gasteiger partial charge in [0.25, 0.3) is 0 Å². The molecular formula is C24H29ClN6O2. The smallest absolute Gasteiger partial charge is 0.322 e. The third-order valence-electron chi connectivity index (χ3n) is 6.52. The van der Waals surface area contributed by atoms with Gasteiger partial charge in [-0.05, 0) is 62.8 Å². The highest BCUT2D eigenvalue weighted by Crippen LogP contribution is 2.40. The van der Waals surface area contributed by atoms with Crippen molar-refractivity contribution in [3.63, 3.8) is 0 Å². The number of piperidine rings is 1. The van der Waals surface area contributed by atoms with Crippen molar-refractivity contribution in [1.82, 2.24) is 19.7 Å². The maximum atomic E-state index is 6.11. The van der Waals surface area contributed by atoms with Crippen molar-refractivity contribution in [3.8, 4) is 17.6 Å². The molecule has 2 aliphatic rings. The van der Waals surface area contributed by atoms with Crippen molar-refractivity contribution in [2.24, 2.45) is 11.8 Å². The molecule has 1 saturated heterocycles. The molecule has 8 nitrogen and oxygen atoms in total. The highest BCUT2D eigenvalue weighted by Gasteiger charge is 2.42. The first-order chi connectivity index (χ1) is 16.0. The molecule has 3 heterocycles. The number of halogens is 1. The van der Waals surface area contributed by atoms with Gasteiger partial charge in [-0.2, -0.15) is 4.98 Å². The number of ether oxygens (including phenoxy) is 2. The van der Waals surface area contributed by atoms with Crippen LogP contribution in [0, 0.1) is 11.8 Å². The van der Waals surface area contributed by atoms with Crippen molar-refractivity contribution in [2.75, 3.05) is 30.4 Å². The van der Waals surface area contributed by atoms with Crippen LogP contribution < -0.4 is 19.7 Å². The number of nitrogens with one attached hydrogen (secondary N) is 1. The summed E-state index contributed by atoms with van der Waals surface area (Å²) in [5, 5.41) is 8.98. The molecule has 1 aliphatic carbocycles. The molecular weight excluding hydrogens is 440 g/mol. The van der Waals surface area contributed by atoms with E-state index < -0.39 is 0 Å². The summed E-state index contributed by atoms with van der Waals surface area (Å²) in [5.74, 6) is 2.94. The van der Waals surface area contributed by atoms with E-state index in [1.54, 1.807) is 13.2 Å². The van der Waals surface area contributed by atoms with E-state index >= 15 is 0 Å². The molecule has 2 aromatic heterocycles. The molecule has 3 aromatic rings. The summed E-state index contributed by atoms with van der Waals surface area (Å²) < 4.78 is 13.1. The zero-order valence-corrected chi connectivity index (χ0v) is 19.9. The molecule has 33 heavy (non-hydrogen) atoms. The van der Waals surface area contributed by atoms with E-state index in [0.29, 0.717) is 46.5 Å². The number of anilines is 2. The van der Waals surface area contributed by atoms with Gasteiger partial charge in [0.1, 0.15) is 5.75 Å². The monoisotopic (exact) mass is 468 g/mol. The topological polar surface area (TPSA) is 77.3 Å². The predicted octanol–water partition coefficient (Wildman–Crippen LogP) is 5.04. The molecule has 174 valence electrons. The highest BCUT2D eigenvalue weighted by atomic mass is 35.5. The Labute approximate surface area is 198 Å². The molecule has 9 heteroatoms. The van der Waals surface area contributed by atoms with Crippen molar-refractivity contribution in [2.45, 2.75) is 38.8 Å². The molecule has 1 N–H and O–H groups in total. The van der Waals surface area contributed by atoms with Crippen molar-refractivity contribution in [3.05, 3.63) is 47.6 Å². The number of aromatic nitrogens is 4. The average Bonchev–Trinajstić information content (AvgIpc) is 3.29. The molecule has 2 bridgehead atoms. The predicted molar refractivity (Wildman–Crippen MR) is 129 cm³/mol. The van der Waals surface area contributed by atoms with E-state index in [2.05, 4.69) is 40.1 Å². The Balaban J connectivity index is 1.31. The van der Waals surface area contributed by atoms with Gasteiger partial charge in [-0.3, -0.25) is 0 Å². The quantitative estimate of drug-likeness (QED) is 0.520. The van der Waals surface area contributed by atoms with Crippen LogP contribution in [0.25, 0.3) is 0 Å². The number of methoxy groups -OCH3 is 1. The summed E-state index contributed by atoms with van der Waals surface area (Å²) in [6.07, 6.45) is 4.19. The number of hydrogen-bond donors (Lipinski definition) is 1. The van der Waals surface area contributed by atoms with Crippen LogP contribution in [0.5, 0.6) is 17.6 Å². The second kappa shape index (κ2) is 9.09. The summed E-state index contributed by atoms with van der Waals surface area (Å²) in [6.45, 7) is 6.10. The number of benzene rings is 1. The highest BCUT2D eigenvalue weighted by molar-refractivity contribution is 6.30. The molecule has 0 radical (unpaired) electrons. The second-order valence-corrected chi connectivity index (χ2v) is 9.48. The maximum Gasteiger partial charge on any atom is 0.322 e. The Morgan fingerprint density at radius 3 is 2.61 bits per heavy atom. The van der Waals surface area contributed by atoms with Crippen molar-refractivity contribution < 1.29 is 9.47 Å². The SMILES string of the molecule is COc1cc(N2C[C@H]3CC[C@@H](C2)[C@@H]3Nc2nc(Oc3cccc(Cl)c3)n(C(C)C)n2)ccn1. The Bertz CT molecular complexity index is 1110. The van der Waals surface area contributed by atoms with E-state index in [9.17, 15) is 0 Å². The first-order valence-electron chi connectivity index (χ1n) is 11.4. The third kappa shape index (κ3) is 4.57. The Kier molecular flexibility index (Phi) is 6.01. The summed E-state index contributed by atoms with van der Waals surface area (Å²) in [6, 6.07) is 12.3. The number of nitrogens with zero attached hydrogens (tertiary/aromatic N) is 5. The fourth-order valence-corrected chi connectivity index (χ4v) is 5.12. The first-order valence-corrected chi connectivity index (χ1v) is 11.8. The summed E-state index contributed by atoms with van der Waals surface area (Å²) >= 11 is 6.11. The minimum absolute atomic E-state index is 0.113. The lowest BCUT2D eigenvalue weighted by Gasteiger charge is -2.39. The van der Waals surface area contributed by atoms with Crippen LogP contribution >= 0.6 is 11.6 Å². The van der Waals surface area contributed by atoms with Gasteiger partial charge >= 0.3 is 6.01 Å². The molecule has 0 spiro atoms. The minimum atomic E-state index is 0.113.